The van der Waals surface area contributed by atoms with Gasteiger partial charge in [0.05, 0.1) is 23.0 Å². The van der Waals surface area contributed by atoms with E-state index in [1.165, 1.54) is 0 Å². The van der Waals surface area contributed by atoms with Crippen LogP contribution in [0.3, 0.4) is 0 Å². The highest BCUT2D eigenvalue weighted by molar-refractivity contribution is 5.47. The summed E-state index contributed by atoms with van der Waals surface area (Å²) in [6.07, 6.45) is 1.93. The van der Waals surface area contributed by atoms with Crippen molar-refractivity contribution >= 4 is 5.69 Å². The molecule has 86 valence electrons. The Morgan fingerprint density at radius 1 is 1.41 bits per heavy atom. The molecule has 1 N–H and O–H groups in total. The number of nitrogens with one attached hydrogen (secondary N) is 1. The lowest BCUT2D eigenvalue weighted by Gasteiger charge is -2.06. The van der Waals surface area contributed by atoms with Crippen LogP contribution in [-0.2, 0) is 13.6 Å². The molecule has 0 saturated heterocycles. The Kier molecular flexibility index (Phi) is 3.10. The van der Waals surface area contributed by atoms with Crippen molar-refractivity contribution in [1.29, 1.82) is 5.26 Å². The van der Waals surface area contributed by atoms with Crippen LogP contribution in [0.5, 0.6) is 0 Å². The third kappa shape index (κ3) is 2.45. The first-order chi connectivity index (χ1) is 8.20. The maximum absolute atomic E-state index is 8.98. The van der Waals surface area contributed by atoms with Gasteiger partial charge in [0.25, 0.3) is 0 Å². The van der Waals surface area contributed by atoms with Crippen LogP contribution in [0.4, 0.5) is 5.69 Å². The first-order valence-corrected chi connectivity index (χ1v) is 5.43. The fourth-order valence-corrected chi connectivity index (χ4v) is 1.75. The molecular weight excluding hydrogens is 212 g/mol. The fourth-order valence-electron chi connectivity index (χ4n) is 1.75. The van der Waals surface area contributed by atoms with Crippen molar-refractivity contribution in [3.63, 3.8) is 0 Å². The highest BCUT2D eigenvalue weighted by atomic mass is 15.3. The zero-order chi connectivity index (χ0) is 12.3. The van der Waals surface area contributed by atoms with Gasteiger partial charge in [-0.3, -0.25) is 4.68 Å². The molecule has 1 heterocycles. The number of aryl methyl sites for hydroxylation is 2. The third-order valence-electron chi connectivity index (χ3n) is 2.62. The smallest absolute Gasteiger partial charge is 0.0995 e. The first kappa shape index (κ1) is 11.2. The van der Waals surface area contributed by atoms with Crippen molar-refractivity contribution in [2.24, 2.45) is 7.05 Å². The number of aromatic nitrogens is 2. The summed E-state index contributed by atoms with van der Waals surface area (Å²) in [4.78, 5) is 0. The normalized spacial score (nSPS) is 9.94. The minimum Gasteiger partial charge on any atom is -0.378 e. The highest BCUT2D eigenvalue weighted by Gasteiger charge is 2.04. The van der Waals surface area contributed by atoms with Crippen LogP contribution in [-0.4, -0.2) is 9.78 Å². The monoisotopic (exact) mass is 226 g/mol. The third-order valence-corrected chi connectivity index (χ3v) is 2.62. The zero-order valence-corrected chi connectivity index (χ0v) is 9.94. The molecule has 4 heteroatoms. The average Bonchev–Trinajstić information content (AvgIpc) is 2.65. The predicted molar refractivity (Wildman–Crippen MR) is 66.4 cm³/mol. The second-order valence-corrected chi connectivity index (χ2v) is 3.92. The molecule has 0 aliphatic carbocycles. The maximum Gasteiger partial charge on any atom is 0.0995 e. The van der Waals surface area contributed by atoms with E-state index in [1.54, 1.807) is 4.68 Å². The van der Waals surface area contributed by atoms with Crippen molar-refractivity contribution in [1.82, 2.24) is 9.78 Å². The summed E-state index contributed by atoms with van der Waals surface area (Å²) < 4.78 is 1.77. The van der Waals surface area contributed by atoms with Gasteiger partial charge < -0.3 is 5.32 Å². The van der Waals surface area contributed by atoms with Crippen molar-refractivity contribution in [2.75, 3.05) is 5.32 Å². The van der Waals surface area contributed by atoms with Gasteiger partial charge in [0, 0.05) is 19.8 Å². The largest absolute Gasteiger partial charge is 0.378 e. The molecule has 4 nitrogen and oxygen atoms in total. The number of hydrogen-bond acceptors (Lipinski definition) is 3. The molecule has 0 atom stereocenters. The zero-order valence-electron chi connectivity index (χ0n) is 9.94. The van der Waals surface area contributed by atoms with Crippen LogP contribution in [0.2, 0.25) is 0 Å². The van der Waals surface area contributed by atoms with Crippen LogP contribution in [0, 0.1) is 18.3 Å². The van der Waals surface area contributed by atoms with Crippen LogP contribution in [0.1, 0.15) is 16.8 Å². The lowest BCUT2D eigenvalue weighted by molar-refractivity contribution is 0.756. The SMILES string of the molecule is Cc1nn(C)cc1NCc1ccccc1C#N. The minimum atomic E-state index is 0.635. The quantitative estimate of drug-likeness (QED) is 0.873. The maximum atomic E-state index is 8.98. The van der Waals surface area contributed by atoms with Gasteiger partial charge in [0.15, 0.2) is 0 Å². The van der Waals surface area contributed by atoms with Gasteiger partial charge in [-0.15, -0.1) is 0 Å². The van der Waals surface area contributed by atoms with Crippen molar-refractivity contribution in [2.45, 2.75) is 13.5 Å². The van der Waals surface area contributed by atoms with Crippen molar-refractivity contribution in [3.05, 3.63) is 47.3 Å². The van der Waals surface area contributed by atoms with E-state index in [1.807, 2.05) is 44.4 Å². The summed E-state index contributed by atoms with van der Waals surface area (Å²) >= 11 is 0. The summed E-state index contributed by atoms with van der Waals surface area (Å²) in [6.45, 7) is 2.59. The number of nitrogens with zero attached hydrogens (tertiary/aromatic N) is 3. The van der Waals surface area contributed by atoms with Crippen LogP contribution < -0.4 is 5.32 Å². The van der Waals surface area contributed by atoms with E-state index in [0.717, 1.165) is 16.9 Å². The highest BCUT2D eigenvalue weighted by Crippen LogP contribution is 2.14. The molecule has 0 radical (unpaired) electrons. The molecule has 0 aliphatic rings. The molecule has 2 aromatic rings. The van der Waals surface area contributed by atoms with Gasteiger partial charge in [-0.2, -0.15) is 10.4 Å². The van der Waals surface area contributed by atoms with Crippen LogP contribution in [0.25, 0.3) is 0 Å². The molecule has 17 heavy (non-hydrogen) atoms. The Labute approximate surface area is 100 Å². The summed E-state index contributed by atoms with van der Waals surface area (Å²) in [6, 6.07) is 9.78. The summed E-state index contributed by atoms with van der Waals surface area (Å²) in [5, 5.41) is 16.5. The molecule has 0 saturated carbocycles. The number of nitriles is 1. The number of hydrogen-bond donors (Lipinski definition) is 1. The van der Waals surface area contributed by atoms with Gasteiger partial charge in [0.2, 0.25) is 0 Å². The second-order valence-electron chi connectivity index (χ2n) is 3.92. The lowest BCUT2D eigenvalue weighted by Crippen LogP contribution is -2.01. The standard InChI is InChI=1S/C13H14N4/c1-10-13(9-17(2)16-10)15-8-12-6-4-3-5-11(12)7-14/h3-6,9,15H,8H2,1-2H3. The van der Waals surface area contributed by atoms with E-state index in [-0.39, 0.29) is 0 Å². The van der Waals surface area contributed by atoms with Gasteiger partial charge in [-0.1, -0.05) is 18.2 Å². The van der Waals surface area contributed by atoms with Crippen LogP contribution in [0.15, 0.2) is 30.5 Å². The summed E-state index contributed by atoms with van der Waals surface area (Å²) in [5.41, 5.74) is 3.67. The van der Waals surface area contributed by atoms with Gasteiger partial charge in [-0.25, -0.2) is 0 Å². The van der Waals surface area contributed by atoms with Gasteiger partial charge in [-0.05, 0) is 18.6 Å². The van der Waals surface area contributed by atoms with Gasteiger partial charge in [0.1, 0.15) is 0 Å². The van der Waals surface area contributed by atoms with Crippen molar-refractivity contribution in [3.8, 4) is 6.07 Å². The van der Waals surface area contributed by atoms with E-state index < -0.39 is 0 Å². The predicted octanol–water partition coefficient (Wildman–Crippen LogP) is 2.21. The topological polar surface area (TPSA) is 53.6 Å². The van der Waals surface area contributed by atoms with E-state index in [0.29, 0.717) is 12.1 Å². The fraction of sp³-hybridized carbons (Fsp3) is 0.231. The summed E-state index contributed by atoms with van der Waals surface area (Å²) in [7, 11) is 1.89. The molecular formula is C13H14N4. The number of benzene rings is 1. The first-order valence-electron chi connectivity index (χ1n) is 5.43. The molecule has 0 spiro atoms. The van der Waals surface area contributed by atoms with E-state index in [2.05, 4.69) is 16.5 Å². The average molecular weight is 226 g/mol. The molecule has 0 unspecified atom stereocenters. The minimum absolute atomic E-state index is 0.635. The van der Waals surface area contributed by atoms with E-state index in [9.17, 15) is 0 Å². The molecule has 0 aliphatic heterocycles. The molecule has 0 fully saturated rings. The van der Waals surface area contributed by atoms with E-state index >= 15 is 0 Å². The molecule has 0 bridgehead atoms. The lowest BCUT2D eigenvalue weighted by atomic mass is 10.1. The Hall–Kier alpha value is -2.28. The Morgan fingerprint density at radius 2 is 2.18 bits per heavy atom. The van der Waals surface area contributed by atoms with E-state index in [4.69, 9.17) is 5.26 Å². The Morgan fingerprint density at radius 3 is 2.82 bits per heavy atom. The molecule has 0 amide bonds. The second kappa shape index (κ2) is 4.71. The number of anilines is 1. The summed E-state index contributed by atoms with van der Waals surface area (Å²) in [5.74, 6) is 0. The molecule has 2 rings (SSSR count). The number of rotatable bonds is 3. The molecule has 1 aromatic heterocycles. The van der Waals surface area contributed by atoms with Gasteiger partial charge >= 0.3 is 0 Å². The van der Waals surface area contributed by atoms with Crippen LogP contribution >= 0.6 is 0 Å². The van der Waals surface area contributed by atoms with Crippen molar-refractivity contribution < 1.29 is 0 Å². The Bertz CT molecular complexity index is 563. The Balaban J connectivity index is 2.13. The molecule has 1 aromatic carbocycles.